The first-order valence-electron chi connectivity index (χ1n) is 9.38. The van der Waals surface area contributed by atoms with Gasteiger partial charge in [0, 0.05) is 24.5 Å². The van der Waals surface area contributed by atoms with E-state index in [1.165, 1.54) is 6.20 Å². The van der Waals surface area contributed by atoms with Gasteiger partial charge >= 0.3 is 0 Å². The Bertz CT molecular complexity index is 1430. The molecule has 0 saturated carbocycles. The quantitative estimate of drug-likeness (QED) is 0.490. The van der Waals surface area contributed by atoms with E-state index in [1.54, 1.807) is 29.1 Å². The van der Waals surface area contributed by atoms with Crippen molar-refractivity contribution >= 4 is 22.3 Å². The summed E-state index contributed by atoms with van der Waals surface area (Å²) in [6, 6.07) is 16.8. The van der Waals surface area contributed by atoms with Crippen molar-refractivity contribution in [2.24, 2.45) is 0 Å². The molecule has 0 bridgehead atoms. The molecule has 0 fully saturated rings. The molecule has 30 heavy (non-hydrogen) atoms. The van der Waals surface area contributed by atoms with Crippen LogP contribution in [0.5, 0.6) is 0 Å². The second kappa shape index (κ2) is 8.44. The van der Waals surface area contributed by atoms with E-state index in [-0.39, 0.29) is 11.1 Å². The number of fused-ring (bicyclic) bond motifs is 2. The second-order valence-corrected chi connectivity index (χ2v) is 6.34. The van der Waals surface area contributed by atoms with E-state index in [0.717, 1.165) is 11.1 Å². The van der Waals surface area contributed by atoms with Crippen molar-refractivity contribution in [2.75, 3.05) is 0 Å². The first kappa shape index (κ1) is 19.1. The number of aromatic nitrogens is 6. The Morgan fingerprint density at radius 3 is 2.37 bits per heavy atom. The highest BCUT2D eigenvalue weighted by Gasteiger charge is 2.11. The van der Waals surface area contributed by atoms with Crippen LogP contribution in [0.2, 0.25) is 0 Å². The Balaban J connectivity index is 0.000000168. The molecule has 148 valence electrons. The molecule has 5 rings (SSSR count). The maximum absolute atomic E-state index is 12.5. The maximum atomic E-state index is 12.5. The molecule has 0 amide bonds. The Morgan fingerprint density at radius 1 is 0.867 bits per heavy atom. The van der Waals surface area contributed by atoms with E-state index in [0.29, 0.717) is 29.0 Å². The van der Waals surface area contributed by atoms with E-state index < -0.39 is 0 Å². The third-order valence-corrected chi connectivity index (χ3v) is 4.41. The lowest BCUT2D eigenvalue weighted by Crippen LogP contribution is -2.23. The number of H-pyrrole nitrogens is 1. The van der Waals surface area contributed by atoms with Gasteiger partial charge in [-0.3, -0.25) is 14.2 Å². The number of aromatic amines is 1. The molecule has 0 aliphatic rings. The molecular weight excluding hydrogens is 380 g/mol. The van der Waals surface area contributed by atoms with Crippen molar-refractivity contribution in [1.82, 2.24) is 29.5 Å². The second-order valence-electron chi connectivity index (χ2n) is 6.34. The van der Waals surface area contributed by atoms with Gasteiger partial charge in [-0.1, -0.05) is 30.3 Å². The van der Waals surface area contributed by atoms with Gasteiger partial charge in [0.1, 0.15) is 16.7 Å². The van der Waals surface area contributed by atoms with Gasteiger partial charge in [0.2, 0.25) is 0 Å². The monoisotopic (exact) mass is 398 g/mol. The SMILES string of the molecule is CCn1c(=O)c(-c2ccccc2)nc2cccnc21.O=c1cnc2cccnc2[nH]1. The summed E-state index contributed by atoms with van der Waals surface area (Å²) < 4.78 is 1.66. The molecule has 4 heterocycles. The first-order valence-corrected chi connectivity index (χ1v) is 9.38. The molecule has 4 aromatic heterocycles. The molecule has 0 unspecified atom stereocenters. The number of nitrogens with zero attached hydrogens (tertiary/aromatic N) is 5. The zero-order valence-corrected chi connectivity index (χ0v) is 16.2. The summed E-state index contributed by atoms with van der Waals surface area (Å²) in [6.07, 6.45) is 4.53. The molecule has 8 heteroatoms. The minimum absolute atomic E-state index is 0.0973. The molecule has 5 aromatic rings. The van der Waals surface area contributed by atoms with Crippen molar-refractivity contribution in [3.05, 3.63) is 93.9 Å². The zero-order chi connectivity index (χ0) is 20.9. The van der Waals surface area contributed by atoms with Crippen LogP contribution in [-0.2, 0) is 6.54 Å². The number of hydrogen-bond acceptors (Lipinski definition) is 6. The molecule has 0 aliphatic heterocycles. The van der Waals surface area contributed by atoms with Crippen LogP contribution in [0.1, 0.15) is 6.92 Å². The van der Waals surface area contributed by atoms with Crippen molar-refractivity contribution < 1.29 is 0 Å². The minimum atomic E-state index is -0.226. The van der Waals surface area contributed by atoms with Gasteiger partial charge in [-0.25, -0.2) is 19.9 Å². The lowest BCUT2D eigenvalue weighted by atomic mass is 10.1. The third kappa shape index (κ3) is 3.83. The fraction of sp³-hybridized carbons (Fsp3) is 0.0909. The molecule has 0 atom stereocenters. The Hall–Kier alpha value is -4.20. The number of benzene rings is 1. The van der Waals surface area contributed by atoms with Gasteiger partial charge in [-0.2, -0.15) is 0 Å². The highest BCUT2D eigenvalue weighted by Crippen LogP contribution is 2.15. The van der Waals surface area contributed by atoms with Crippen LogP contribution >= 0.6 is 0 Å². The van der Waals surface area contributed by atoms with Crippen molar-refractivity contribution in [3.8, 4) is 11.3 Å². The molecule has 0 spiro atoms. The summed E-state index contributed by atoms with van der Waals surface area (Å²) >= 11 is 0. The Morgan fingerprint density at radius 2 is 1.60 bits per heavy atom. The Labute approximate surface area is 170 Å². The smallest absolute Gasteiger partial charge is 0.278 e. The third-order valence-electron chi connectivity index (χ3n) is 4.41. The van der Waals surface area contributed by atoms with Crippen LogP contribution in [0.4, 0.5) is 0 Å². The van der Waals surface area contributed by atoms with Crippen molar-refractivity contribution in [1.29, 1.82) is 0 Å². The van der Waals surface area contributed by atoms with E-state index in [9.17, 15) is 9.59 Å². The van der Waals surface area contributed by atoms with Crippen molar-refractivity contribution in [2.45, 2.75) is 13.5 Å². The van der Waals surface area contributed by atoms with Crippen LogP contribution in [-0.4, -0.2) is 29.5 Å². The zero-order valence-electron chi connectivity index (χ0n) is 16.2. The van der Waals surface area contributed by atoms with Crippen LogP contribution in [0.15, 0.2) is 82.8 Å². The topological polar surface area (TPSA) is 106 Å². The highest BCUT2D eigenvalue weighted by molar-refractivity contribution is 5.74. The first-order chi connectivity index (χ1) is 14.7. The molecule has 1 N–H and O–H groups in total. The summed E-state index contributed by atoms with van der Waals surface area (Å²) in [7, 11) is 0. The summed E-state index contributed by atoms with van der Waals surface area (Å²) in [6.45, 7) is 2.51. The number of nitrogens with one attached hydrogen (secondary N) is 1. The predicted octanol–water partition coefficient (Wildman–Crippen LogP) is 2.80. The van der Waals surface area contributed by atoms with Gasteiger partial charge in [0.15, 0.2) is 11.3 Å². The lowest BCUT2D eigenvalue weighted by molar-refractivity contribution is 0.745. The fourth-order valence-corrected chi connectivity index (χ4v) is 3.03. The molecule has 8 nitrogen and oxygen atoms in total. The predicted molar refractivity (Wildman–Crippen MR) is 115 cm³/mol. The molecule has 0 radical (unpaired) electrons. The summed E-state index contributed by atoms with van der Waals surface area (Å²) in [4.78, 5) is 42.3. The number of pyridine rings is 2. The fourth-order valence-electron chi connectivity index (χ4n) is 3.03. The number of rotatable bonds is 2. The highest BCUT2D eigenvalue weighted by atomic mass is 16.1. The van der Waals surface area contributed by atoms with Gasteiger partial charge in [-0.05, 0) is 31.2 Å². The molecule has 0 saturated heterocycles. The van der Waals surface area contributed by atoms with Crippen LogP contribution in [0.3, 0.4) is 0 Å². The molecule has 1 aromatic carbocycles. The average Bonchev–Trinajstić information content (AvgIpc) is 2.79. The minimum Gasteiger partial charge on any atom is -0.304 e. The van der Waals surface area contributed by atoms with Gasteiger partial charge < -0.3 is 4.98 Å². The van der Waals surface area contributed by atoms with Crippen LogP contribution < -0.4 is 11.1 Å². The van der Waals surface area contributed by atoms with Gasteiger partial charge in [0.05, 0.1) is 6.20 Å². The van der Waals surface area contributed by atoms with Crippen molar-refractivity contribution in [3.63, 3.8) is 0 Å². The van der Waals surface area contributed by atoms with Crippen LogP contribution in [0.25, 0.3) is 33.6 Å². The summed E-state index contributed by atoms with van der Waals surface area (Å²) in [5.74, 6) is 0. The summed E-state index contributed by atoms with van der Waals surface area (Å²) in [5, 5.41) is 0. The lowest BCUT2D eigenvalue weighted by Gasteiger charge is -2.09. The standard InChI is InChI=1S/C15H13N3O.C7H5N3O/c1-2-18-14-12(9-6-10-16-14)17-13(15(18)19)11-7-4-3-5-8-11;11-6-4-9-5-2-1-3-8-7(5)10-6/h3-10H,2H2,1H3;1-4H,(H,8,10,11). The normalized spacial score (nSPS) is 10.6. The maximum Gasteiger partial charge on any atom is 0.278 e. The number of hydrogen-bond donors (Lipinski definition) is 1. The van der Waals surface area contributed by atoms with E-state index in [2.05, 4.69) is 24.9 Å². The molecule has 0 aliphatic carbocycles. The summed E-state index contributed by atoms with van der Waals surface area (Å²) in [5.41, 5.74) is 3.59. The largest absolute Gasteiger partial charge is 0.304 e. The van der Waals surface area contributed by atoms with Gasteiger partial charge in [0.25, 0.3) is 11.1 Å². The van der Waals surface area contributed by atoms with E-state index in [1.807, 2.05) is 49.4 Å². The average molecular weight is 398 g/mol. The van der Waals surface area contributed by atoms with Crippen LogP contribution in [0, 0.1) is 0 Å². The van der Waals surface area contributed by atoms with Gasteiger partial charge in [-0.15, -0.1) is 0 Å². The van der Waals surface area contributed by atoms with E-state index >= 15 is 0 Å². The Kier molecular flexibility index (Phi) is 5.38. The number of aryl methyl sites for hydroxylation is 1. The molecular formula is C22H18N6O2. The van der Waals surface area contributed by atoms with E-state index in [4.69, 9.17) is 0 Å².